The first-order chi connectivity index (χ1) is 7.70. The van der Waals surface area contributed by atoms with Gasteiger partial charge in [0.1, 0.15) is 12.1 Å². The van der Waals surface area contributed by atoms with Gasteiger partial charge in [0.2, 0.25) is 0 Å². The molecule has 1 heterocycles. The molecule has 0 aliphatic carbocycles. The van der Waals surface area contributed by atoms with Gasteiger partial charge in [-0.15, -0.1) is 0 Å². The van der Waals surface area contributed by atoms with Crippen LogP contribution in [-0.2, 0) is 0 Å². The van der Waals surface area contributed by atoms with Crippen molar-refractivity contribution in [3.8, 4) is 0 Å². The predicted octanol–water partition coefficient (Wildman–Crippen LogP) is 2.32. The van der Waals surface area contributed by atoms with E-state index in [4.69, 9.17) is 17.3 Å². The van der Waals surface area contributed by atoms with Gasteiger partial charge in [-0.1, -0.05) is 17.7 Å². The standard InChI is InChI=1S/C11H9ClFN3/c12-8-2-1-3-9(13)10(8)11(14)7-4-15-6-16-5-7/h1-6,11H,14H2. The van der Waals surface area contributed by atoms with Gasteiger partial charge < -0.3 is 5.73 Å². The summed E-state index contributed by atoms with van der Waals surface area (Å²) < 4.78 is 13.6. The van der Waals surface area contributed by atoms with E-state index in [0.717, 1.165) is 0 Å². The molecule has 1 aromatic carbocycles. The minimum absolute atomic E-state index is 0.263. The fourth-order valence-corrected chi connectivity index (χ4v) is 1.73. The Kier molecular flexibility index (Phi) is 3.12. The van der Waals surface area contributed by atoms with Crippen molar-refractivity contribution in [1.82, 2.24) is 9.97 Å². The average molecular weight is 238 g/mol. The number of hydrogen-bond acceptors (Lipinski definition) is 3. The van der Waals surface area contributed by atoms with Gasteiger partial charge in [-0.25, -0.2) is 14.4 Å². The molecule has 16 heavy (non-hydrogen) atoms. The maximum absolute atomic E-state index is 13.6. The molecular weight excluding hydrogens is 229 g/mol. The molecule has 0 saturated carbocycles. The number of rotatable bonds is 2. The van der Waals surface area contributed by atoms with Gasteiger partial charge in [0.25, 0.3) is 0 Å². The Labute approximate surface area is 97.1 Å². The molecule has 0 amide bonds. The third-order valence-electron chi connectivity index (χ3n) is 2.25. The van der Waals surface area contributed by atoms with Crippen LogP contribution < -0.4 is 5.73 Å². The Hall–Kier alpha value is -1.52. The van der Waals surface area contributed by atoms with Crippen molar-refractivity contribution in [2.75, 3.05) is 0 Å². The van der Waals surface area contributed by atoms with E-state index in [1.54, 1.807) is 18.5 Å². The van der Waals surface area contributed by atoms with Crippen molar-refractivity contribution in [2.24, 2.45) is 5.73 Å². The van der Waals surface area contributed by atoms with Crippen LogP contribution in [0.1, 0.15) is 17.2 Å². The molecule has 5 heteroatoms. The average Bonchev–Trinajstić information content (AvgIpc) is 2.30. The second kappa shape index (κ2) is 4.55. The fraction of sp³-hybridized carbons (Fsp3) is 0.0909. The van der Waals surface area contributed by atoms with Crippen LogP contribution >= 0.6 is 11.6 Å². The van der Waals surface area contributed by atoms with Crippen molar-refractivity contribution >= 4 is 11.6 Å². The number of nitrogens with zero attached hydrogens (tertiary/aromatic N) is 2. The zero-order chi connectivity index (χ0) is 11.5. The van der Waals surface area contributed by atoms with Gasteiger partial charge in [0.15, 0.2) is 0 Å². The molecule has 82 valence electrons. The zero-order valence-electron chi connectivity index (χ0n) is 8.27. The number of aromatic nitrogens is 2. The molecule has 0 spiro atoms. The molecule has 0 fully saturated rings. The molecule has 1 unspecified atom stereocenters. The third-order valence-corrected chi connectivity index (χ3v) is 2.58. The Morgan fingerprint density at radius 3 is 2.56 bits per heavy atom. The highest BCUT2D eigenvalue weighted by molar-refractivity contribution is 6.31. The van der Waals surface area contributed by atoms with Crippen LogP contribution in [-0.4, -0.2) is 9.97 Å². The van der Waals surface area contributed by atoms with Crippen molar-refractivity contribution in [2.45, 2.75) is 6.04 Å². The molecule has 1 aromatic heterocycles. The summed E-state index contributed by atoms with van der Waals surface area (Å²) in [6.45, 7) is 0. The summed E-state index contributed by atoms with van der Waals surface area (Å²) in [5, 5.41) is 0.302. The van der Waals surface area contributed by atoms with Crippen molar-refractivity contribution in [3.05, 3.63) is 58.9 Å². The topological polar surface area (TPSA) is 51.8 Å². The van der Waals surface area contributed by atoms with Crippen LogP contribution in [0.2, 0.25) is 5.02 Å². The Morgan fingerprint density at radius 1 is 1.25 bits per heavy atom. The second-order valence-corrected chi connectivity index (χ2v) is 3.69. The van der Waals surface area contributed by atoms with E-state index in [-0.39, 0.29) is 5.56 Å². The minimum atomic E-state index is -0.658. The molecule has 1 atom stereocenters. The fourth-order valence-electron chi connectivity index (χ4n) is 1.45. The number of hydrogen-bond donors (Lipinski definition) is 1. The highest BCUT2D eigenvalue weighted by atomic mass is 35.5. The molecule has 2 aromatic rings. The van der Waals surface area contributed by atoms with Gasteiger partial charge in [-0.3, -0.25) is 0 Å². The van der Waals surface area contributed by atoms with Crippen LogP contribution in [0.3, 0.4) is 0 Å². The van der Waals surface area contributed by atoms with Gasteiger partial charge in [-0.2, -0.15) is 0 Å². The number of nitrogens with two attached hydrogens (primary N) is 1. The molecule has 0 aliphatic heterocycles. The lowest BCUT2D eigenvalue weighted by molar-refractivity contribution is 0.599. The highest BCUT2D eigenvalue weighted by Gasteiger charge is 2.17. The molecule has 0 saturated heterocycles. The zero-order valence-corrected chi connectivity index (χ0v) is 9.03. The molecule has 2 rings (SSSR count). The summed E-state index contributed by atoms with van der Waals surface area (Å²) in [4.78, 5) is 7.67. The Bertz CT molecular complexity index is 470. The summed E-state index contributed by atoms with van der Waals surface area (Å²) in [5.74, 6) is -0.427. The van der Waals surface area contributed by atoms with Crippen LogP contribution in [0.4, 0.5) is 4.39 Å². The van der Waals surface area contributed by atoms with Crippen LogP contribution in [0.15, 0.2) is 36.9 Å². The van der Waals surface area contributed by atoms with Gasteiger partial charge in [-0.05, 0) is 12.1 Å². The Morgan fingerprint density at radius 2 is 1.94 bits per heavy atom. The smallest absolute Gasteiger partial charge is 0.129 e. The molecule has 0 bridgehead atoms. The summed E-state index contributed by atoms with van der Waals surface area (Å²) >= 11 is 5.91. The third kappa shape index (κ3) is 2.03. The molecule has 0 aliphatic rings. The van der Waals surface area contributed by atoms with E-state index in [0.29, 0.717) is 10.6 Å². The van der Waals surface area contributed by atoms with Gasteiger partial charge >= 0.3 is 0 Å². The summed E-state index contributed by atoms with van der Waals surface area (Å²) in [6.07, 6.45) is 4.47. The molecular formula is C11H9ClFN3. The van der Waals surface area contributed by atoms with E-state index in [1.165, 1.54) is 18.5 Å². The normalized spacial score (nSPS) is 12.4. The lowest BCUT2D eigenvalue weighted by atomic mass is 10.0. The Balaban J connectivity index is 2.46. The van der Waals surface area contributed by atoms with Crippen LogP contribution in [0.25, 0.3) is 0 Å². The monoisotopic (exact) mass is 237 g/mol. The predicted molar refractivity (Wildman–Crippen MR) is 59.5 cm³/mol. The SMILES string of the molecule is NC(c1cncnc1)c1c(F)cccc1Cl. The summed E-state index contributed by atoms with van der Waals surface area (Å²) in [6, 6.07) is 3.80. The van der Waals surface area contributed by atoms with Gasteiger partial charge in [0, 0.05) is 28.5 Å². The number of benzene rings is 1. The van der Waals surface area contributed by atoms with E-state index in [2.05, 4.69) is 9.97 Å². The van der Waals surface area contributed by atoms with Crippen molar-refractivity contribution in [3.63, 3.8) is 0 Å². The van der Waals surface area contributed by atoms with Crippen LogP contribution in [0.5, 0.6) is 0 Å². The van der Waals surface area contributed by atoms with Gasteiger partial charge in [0.05, 0.1) is 6.04 Å². The molecule has 0 radical (unpaired) electrons. The first-order valence-electron chi connectivity index (χ1n) is 4.64. The summed E-state index contributed by atoms with van der Waals surface area (Å²) in [7, 11) is 0. The largest absolute Gasteiger partial charge is 0.320 e. The maximum Gasteiger partial charge on any atom is 0.129 e. The van der Waals surface area contributed by atoms with Crippen LogP contribution in [0, 0.1) is 5.82 Å². The van der Waals surface area contributed by atoms with E-state index < -0.39 is 11.9 Å². The van der Waals surface area contributed by atoms with E-state index >= 15 is 0 Å². The number of halogens is 2. The van der Waals surface area contributed by atoms with E-state index in [1.807, 2.05) is 0 Å². The van der Waals surface area contributed by atoms with Crippen molar-refractivity contribution < 1.29 is 4.39 Å². The highest BCUT2D eigenvalue weighted by Crippen LogP contribution is 2.27. The minimum Gasteiger partial charge on any atom is -0.320 e. The lowest BCUT2D eigenvalue weighted by Crippen LogP contribution is -2.14. The van der Waals surface area contributed by atoms with Crippen molar-refractivity contribution in [1.29, 1.82) is 0 Å². The quantitative estimate of drug-likeness (QED) is 0.872. The maximum atomic E-state index is 13.6. The van der Waals surface area contributed by atoms with E-state index in [9.17, 15) is 4.39 Å². The first-order valence-corrected chi connectivity index (χ1v) is 5.02. The second-order valence-electron chi connectivity index (χ2n) is 3.28. The molecule has 3 nitrogen and oxygen atoms in total. The lowest BCUT2D eigenvalue weighted by Gasteiger charge is -2.13. The first kappa shape index (κ1) is 11.0. The molecule has 2 N–H and O–H groups in total. The summed E-state index contributed by atoms with van der Waals surface area (Å²) in [5.41, 5.74) is 6.80.